The number of carboxylic acid groups (broad SMARTS) is 1. The molecule has 0 saturated carbocycles. The van der Waals surface area contributed by atoms with Gasteiger partial charge in [0.15, 0.2) is 0 Å². The highest BCUT2D eigenvalue weighted by Gasteiger charge is 2.55. The van der Waals surface area contributed by atoms with Gasteiger partial charge in [0, 0.05) is 44.2 Å². The van der Waals surface area contributed by atoms with Crippen molar-refractivity contribution in [1.82, 2.24) is 16.0 Å². The molecule has 0 aliphatic carbocycles. The van der Waals surface area contributed by atoms with Crippen molar-refractivity contribution in [2.75, 3.05) is 37.7 Å². The number of unbranched alkanes of at least 4 members (excludes halogenated alkanes) is 3. The molecular weight excluding hydrogens is 680 g/mol. The minimum Gasteiger partial charge on any atom is -0.477 e. The van der Waals surface area contributed by atoms with Crippen molar-refractivity contribution in [1.29, 1.82) is 0 Å². The Morgan fingerprint density at radius 1 is 0.961 bits per heavy atom. The van der Waals surface area contributed by atoms with Gasteiger partial charge in [0.25, 0.3) is 11.7 Å². The summed E-state index contributed by atoms with van der Waals surface area (Å²) in [7, 11) is 0. The molecule has 15 heteroatoms. The topological polar surface area (TPSA) is 230 Å². The van der Waals surface area contributed by atoms with Crippen molar-refractivity contribution in [3.05, 3.63) is 60.2 Å². The zero-order chi connectivity index (χ0) is 37.2. The molecule has 2 aromatic carbocycles. The molecule has 0 spiro atoms. The van der Waals surface area contributed by atoms with Crippen LogP contribution in [-0.2, 0) is 23.9 Å². The average Bonchev–Trinajstić information content (AvgIpc) is 3.12. The maximum absolute atomic E-state index is 12.8. The Morgan fingerprint density at radius 2 is 1.65 bits per heavy atom. The van der Waals surface area contributed by atoms with Gasteiger partial charge >= 0.3 is 5.97 Å². The van der Waals surface area contributed by atoms with Crippen LogP contribution in [0.3, 0.4) is 0 Å². The van der Waals surface area contributed by atoms with Gasteiger partial charge in [-0.15, -0.1) is 0 Å². The fraction of sp³-hybridized carbons (Fsp3) is 0.556. The van der Waals surface area contributed by atoms with Gasteiger partial charge in [-0.25, -0.2) is 4.79 Å². The lowest BCUT2D eigenvalue weighted by Gasteiger charge is -2.46. The van der Waals surface area contributed by atoms with Crippen LogP contribution in [0.15, 0.2) is 54.6 Å². The van der Waals surface area contributed by atoms with Gasteiger partial charge in [-0.05, 0) is 54.8 Å². The molecule has 1 saturated heterocycles. The zero-order valence-corrected chi connectivity index (χ0v) is 29.8. The standard InChI is InChI=1S/C36H52N4O10S/c1-24(41)40-31-28(42)22-36(35(47)48,49-19-9-20-51-21-16-30(44)38-18-8-3-2-7-17-37)50-33(31)32(45)29(43)23-39-34(46)27-14-12-26(13-15-27)25-10-5-4-6-11-25/h4-6,10-15,28-29,31-33,42-43,45H,2-3,7-9,16-23,37H2,1H3,(H,38,44)(H,39,46)(H,40,41)(H,47,48)/t28-,29+,31+,32+,33?,36+/m0/s1. The number of nitrogens with one attached hydrogen (secondary N) is 3. The Hall–Kier alpha value is -3.57. The SMILES string of the molecule is CC(=O)N[C@H]1C([C@H](O)[C@H](O)CNC(=O)c2ccc(-c3ccccc3)cc2)O[C@@](OCCCSCCC(=O)NCCCCCCN)(C(=O)O)C[C@@H]1O. The van der Waals surface area contributed by atoms with Gasteiger partial charge in [-0.3, -0.25) is 14.4 Å². The third-order valence-electron chi connectivity index (χ3n) is 8.42. The summed E-state index contributed by atoms with van der Waals surface area (Å²) in [6, 6.07) is 15.1. The number of nitrogens with two attached hydrogens (primary N) is 1. The maximum Gasteiger partial charge on any atom is 0.364 e. The van der Waals surface area contributed by atoms with Crippen LogP contribution in [0.2, 0.25) is 0 Å². The lowest BCUT2D eigenvalue weighted by molar-refractivity contribution is -0.310. The summed E-state index contributed by atoms with van der Waals surface area (Å²) < 4.78 is 11.5. The second kappa shape index (κ2) is 21.7. The van der Waals surface area contributed by atoms with E-state index >= 15 is 0 Å². The monoisotopic (exact) mass is 732 g/mol. The molecule has 6 atom stereocenters. The van der Waals surface area contributed by atoms with Crippen LogP contribution in [-0.4, -0.2) is 118 Å². The van der Waals surface area contributed by atoms with Crippen molar-refractivity contribution >= 4 is 35.5 Å². The van der Waals surface area contributed by atoms with E-state index in [1.54, 1.807) is 24.3 Å². The van der Waals surface area contributed by atoms with Gasteiger partial charge in [0.05, 0.1) is 24.9 Å². The highest BCUT2D eigenvalue weighted by molar-refractivity contribution is 7.99. The highest BCUT2D eigenvalue weighted by atomic mass is 32.2. The fourth-order valence-electron chi connectivity index (χ4n) is 5.64. The van der Waals surface area contributed by atoms with Crippen molar-refractivity contribution in [3.63, 3.8) is 0 Å². The minimum absolute atomic E-state index is 0.0374. The molecule has 14 nitrogen and oxygen atoms in total. The zero-order valence-electron chi connectivity index (χ0n) is 29.0. The van der Waals surface area contributed by atoms with Gasteiger partial charge in [0.2, 0.25) is 11.8 Å². The first-order chi connectivity index (χ1) is 24.5. The van der Waals surface area contributed by atoms with Gasteiger partial charge < -0.3 is 51.6 Å². The summed E-state index contributed by atoms with van der Waals surface area (Å²) in [6.07, 6.45) is -2.58. The predicted molar refractivity (Wildman–Crippen MR) is 193 cm³/mol. The normalized spacial score (nSPS) is 21.3. The van der Waals surface area contributed by atoms with Crippen LogP contribution in [0, 0.1) is 0 Å². The number of hydrogen-bond acceptors (Lipinski definition) is 11. The number of aliphatic hydroxyl groups excluding tert-OH is 3. The number of rotatable bonds is 22. The number of thioether (sulfide) groups is 1. The van der Waals surface area contributed by atoms with Gasteiger partial charge in [-0.1, -0.05) is 55.3 Å². The highest BCUT2D eigenvalue weighted by Crippen LogP contribution is 2.34. The van der Waals surface area contributed by atoms with Crippen LogP contribution in [0.4, 0.5) is 0 Å². The van der Waals surface area contributed by atoms with E-state index in [-0.39, 0.29) is 12.5 Å². The molecule has 1 heterocycles. The van der Waals surface area contributed by atoms with Crippen LogP contribution in [0.1, 0.15) is 62.2 Å². The number of carbonyl (C=O) groups excluding carboxylic acids is 3. The molecule has 0 aromatic heterocycles. The smallest absolute Gasteiger partial charge is 0.364 e. The molecule has 51 heavy (non-hydrogen) atoms. The minimum atomic E-state index is -2.39. The summed E-state index contributed by atoms with van der Waals surface area (Å²) in [5.74, 6) is -3.98. The Balaban J connectivity index is 1.52. The van der Waals surface area contributed by atoms with E-state index < -0.39 is 67.0 Å². The summed E-state index contributed by atoms with van der Waals surface area (Å²) >= 11 is 1.50. The van der Waals surface area contributed by atoms with Crippen LogP contribution >= 0.6 is 11.8 Å². The summed E-state index contributed by atoms with van der Waals surface area (Å²) in [5, 5.41) is 51.0. The third-order valence-corrected chi connectivity index (χ3v) is 9.49. The number of carbonyl (C=O) groups is 4. The number of aliphatic hydroxyl groups is 3. The van der Waals surface area contributed by atoms with Crippen LogP contribution in [0.5, 0.6) is 0 Å². The van der Waals surface area contributed by atoms with E-state index in [4.69, 9.17) is 15.2 Å². The second-order valence-electron chi connectivity index (χ2n) is 12.5. The fourth-order valence-corrected chi connectivity index (χ4v) is 6.49. The Labute approximate surface area is 302 Å². The van der Waals surface area contributed by atoms with E-state index in [2.05, 4.69) is 16.0 Å². The number of benzene rings is 2. The summed E-state index contributed by atoms with van der Waals surface area (Å²) in [4.78, 5) is 49.3. The molecule has 282 valence electrons. The molecule has 1 unspecified atom stereocenters. The summed E-state index contributed by atoms with van der Waals surface area (Å²) in [5.41, 5.74) is 7.67. The van der Waals surface area contributed by atoms with Crippen molar-refractivity contribution in [2.45, 2.75) is 88.1 Å². The predicted octanol–water partition coefficient (Wildman–Crippen LogP) is 1.41. The lowest BCUT2D eigenvalue weighted by Crippen LogP contribution is -2.68. The third kappa shape index (κ3) is 13.5. The molecule has 2 aromatic rings. The number of carboxylic acids is 1. The van der Waals surface area contributed by atoms with Crippen molar-refractivity contribution in [2.24, 2.45) is 5.73 Å². The number of hydrogen-bond donors (Lipinski definition) is 8. The molecule has 9 N–H and O–H groups in total. The van der Waals surface area contributed by atoms with E-state index in [0.717, 1.165) is 36.8 Å². The number of aliphatic carboxylic acids is 1. The molecule has 0 bridgehead atoms. The molecule has 0 radical (unpaired) electrons. The Morgan fingerprint density at radius 3 is 2.31 bits per heavy atom. The Kier molecular flexibility index (Phi) is 17.8. The van der Waals surface area contributed by atoms with E-state index in [1.165, 1.54) is 18.7 Å². The van der Waals surface area contributed by atoms with Crippen LogP contribution in [0.25, 0.3) is 11.1 Å². The molecule has 1 aliphatic heterocycles. The first-order valence-electron chi connectivity index (χ1n) is 17.3. The quantitative estimate of drug-likeness (QED) is 0.0804. The largest absolute Gasteiger partial charge is 0.477 e. The molecule has 3 rings (SSSR count). The first kappa shape index (κ1) is 41.8. The Bertz CT molecular complexity index is 1390. The van der Waals surface area contributed by atoms with E-state index in [0.29, 0.717) is 43.0 Å². The molecular formula is C36H52N4O10S. The van der Waals surface area contributed by atoms with Crippen LogP contribution < -0.4 is 21.7 Å². The van der Waals surface area contributed by atoms with Gasteiger partial charge in [0.1, 0.15) is 12.2 Å². The lowest BCUT2D eigenvalue weighted by atomic mass is 9.88. The maximum atomic E-state index is 12.8. The summed E-state index contributed by atoms with van der Waals surface area (Å²) in [6.45, 7) is 1.93. The first-order valence-corrected chi connectivity index (χ1v) is 18.5. The molecule has 3 amide bonds. The second-order valence-corrected chi connectivity index (χ2v) is 13.7. The average molecular weight is 733 g/mol. The van der Waals surface area contributed by atoms with E-state index in [1.807, 2.05) is 30.3 Å². The van der Waals surface area contributed by atoms with Crippen molar-refractivity contribution < 1.29 is 49.1 Å². The molecule has 1 aliphatic rings. The molecule has 1 fully saturated rings. The van der Waals surface area contributed by atoms with Gasteiger partial charge in [-0.2, -0.15) is 11.8 Å². The van der Waals surface area contributed by atoms with E-state index in [9.17, 15) is 39.6 Å². The van der Waals surface area contributed by atoms with Crippen molar-refractivity contribution in [3.8, 4) is 11.1 Å². The number of amides is 3. The number of ether oxygens (including phenoxy) is 2.